The summed E-state index contributed by atoms with van der Waals surface area (Å²) < 4.78 is 15.9. The number of carbonyl (C=O) groups is 1. The van der Waals surface area contributed by atoms with Gasteiger partial charge in [0.05, 0.1) is 13.5 Å². The Morgan fingerprint density at radius 3 is 2.48 bits per heavy atom. The molecular formula is C15H17Cl2FN2O3. The Balaban J connectivity index is 0.00000264. The molecule has 1 aromatic heterocycles. The molecule has 2 N–H and O–H groups in total. The number of nitrogens with zero attached hydrogens (tertiary/aromatic N) is 2. The lowest BCUT2D eigenvalue weighted by Crippen LogP contribution is -3.00. The van der Waals surface area contributed by atoms with Crippen LogP contribution in [0.1, 0.15) is 35.1 Å². The third-order valence-electron chi connectivity index (χ3n) is 3.93. The summed E-state index contributed by atoms with van der Waals surface area (Å²) in [5.41, 5.74) is 1.85. The average Bonchev–Trinajstić information content (AvgIpc) is 2.61. The summed E-state index contributed by atoms with van der Waals surface area (Å²) in [4.78, 5) is 11.2. The largest absolute Gasteiger partial charge is 1.00 e. The second-order valence-corrected chi connectivity index (χ2v) is 5.62. The minimum absolute atomic E-state index is 0. The van der Waals surface area contributed by atoms with Crippen LogP contribution in [0.4, 0.5) is 4.39 Å². The standard InChI is InChI=1S/C15H16ClFN2O3.ClH/c1-8-9(2)19(22)15(18(8)3)12(7-14(20)21)11-5-4-10(17)6-13(11)16;/h4-6,12H,7H2,1-3H3,(H-,20,21,22);1H. The van der Waals surface area contributed by atoms with Crippen LogP contribution in [0.5, 0.6) is 0 Å². The van der Waals surface area contributed by atoms with E-state index in [1.165, 1.54) is 12.1 Å². The molecular weight excluding hydrogens is 346 g/mol. The molecule has 0 fully saturated rings. The van der Waals surface area contributed by atoms with Gasteiger partial charge >= 0.3 is 11.8 Å². The fraction of sp³-hybridized carbons (Fsp3) is 0.333. The number of hydrogen-bond donors (Lipinski definition) is 2. The predicted molar refractivity (Wildman–Crippen MR) is 77.8 cm³/mol. The Morgan fingerprint density at radius 1 is 1.43 bits per heavy atom. The van der Waals surface area contributed by atoms with Gasteiger partial charge in [-0.05, 0) is 22.4 Å². The molecule has 1 heterocycles. The Kier molecular flexibility index (Phi) is 6.02. The lowest BCUT2D eigenvalue weighted by molar-refractivity contribution is -0.686. The molecule has 23 heavy (non-hydrogen) atoms. The molecule has 1 unspecified atom stereocenters. The van der Waals surface area contributed by atoms with Gasteiger partial charge in [0.1, 0.15) is 17.4 Å². The maximum atomic E-state index is 13.2. The number of rotatable bonds is 4. The first-order valence-corrected chi connectivity index (χ1v) is 7.05. The summed E-state index contributed by atoms with van der Waals surface area (Å²) in [7, 11) is 1.73. The van der Waals surface area contributed by atoms with Crippen molar-refractivity contribution in [3.8, 4) is 0 Å². The van der Waals surface area contributed by atoms with Gasteiger partial charge in [0.2, 0.25) is 0 Å². The van der Waals surface area contributed by atoms with Crippen molar-refractivity contribution in [2.24, 2.45) is 7.05 Å². The molecule has 0 saturated carbocycles. The van der Waals surface area contributed by atoms with Crippen molar-refractivity contribution in [2.45, 2.75) is 26.2 Å². The van der Waals surface area contributed by atoms with Crippen LogP contribution in [0.25, 0.3) is 0 Å². The fourth-order valence-corrected chi connectivity index (χ4v) is 2.86. The van der Waals surface area contributed by atoms with Crippen molar-refractivity contribution in [1.82, 2.24) is 4.73 Å². The van der Waals surface area contributed by atoms with Crippen LogP contribution in [0.3, 0.4) is 0 Å². The molecule has 0 saturated heterocycles. The summed E-state index contributed by atoms with van der Waals surface area (Å²) in [6.07, 6.45) is -0.275. The van der Waals surface area contributed by atoms with Crippen LogP contribution in [0.2, 0.25) is 5.02 Å². The molecule has 0 radical (unpaired) electrons. The van der Waals surface area contributed by atoms with E-state index in [2.05, 4.69) is 0 Å². The zero-order chi connectivity index (χ0) is 16.6. The predicted octanol–water partition coefficient (Wildman–Crippen LogP) is -0.430. The highest BCUT2D eigenvalue weighted by Crippen LogP contribution is 2.32. The molecule has 1 aromatic carbocycles. The zero-order valence-electron chi connectivity index (χ0n) is 12.8. The fourth-order valence-electron chi connectivity index (χ4n) is 2.56. The first-order chi connectivity index (χ1) is 10.2. The SMILES string of the molecule is Cc1c(C)[n+](C)c(C(CC(=O)O)c2ccc(F)cc2Cl)n1O.[Cl-]. The van der Waals surface area contributed by atoms with Crippen LogP contribution in [0, 0.1) is 19.7 Å². The normalized spacial score (nSPS) is 11.9. The number of carboxylic acid groups (broad SMARTS) is 1. The monoisotopic (exact) mass is 362 g/mol. The van der Waals surface area contributed by atoms with Gasteiger partial charge in [-0.3, -0.25) is 4.79 Å². The number of aromatic nitrogens is 2. The number of halogens is 3. The van der Waals surface area contributed by atoms with Crippen LogP contribution in [-0.4, -0.2) is 21.0 Å². The molecule has 8 heteroatoms. The van der Waals surface area contributed by atoms with Crippen LogP contribution >= 0.6 is 11.6 Å². The van der Waals surface area contributed by atoms with Crippen molar-refractivity contribution in [3.63, 3.8) is 0 Å². The molecule has 0 amide bonds. The molecule has 5 nitrogen and oxygen atoms in total. The molecule has 0 aliphatic heterocycles. The highest BCUT2D eigenvalue weighted by atomic mass is 35.5. The molecule has 0 spiro atoms. The van der Waals surface area contributed by atoms with E-state index >= 15 is 0 Å². The Hall–Kier alpha value is -1.79. The average molecular weight is 363 g/mol. The van der Waals surface area contributed by atoms with E-state index in [-0.39, 0.29) is 23.9 Å². The highest BCUT2D eigenvalue weighted by Gasteiger charge is 2.35. The van der Waals surface area contributed by atoms with Gasteiger partial charge in [0, 0.05) is 18.9 Å². The molecule has 0 bridgehead atoms. The van der Waals surface area contributed by atoms with Crippen molar-refractivity contribution < 1.29 is 36.5 Å². The Labute approximate surface area is 144 Å². The van der Waals surface area contributed by atoms with E-state index in [0.717, 1.165) is 16.5 Å². The molecule has 2 rings (SSSR count). The van der Waals surface area contributed by atoms with Crippen molar-refractivity contribution in [1.29, 1.82) is 0 Å². The molecule has 0 aliphatic rings. The van der Waals surface area contributed by atoms with E-state index in [1.54, 1.807) is 18.5 Å². The van der Waals surface area contributed by atoms with E-state index in [1.807, 2.05) is 6.92 Å². The van der Waals surface area contributed by atoms with E-state index in [0.29, 0.717) is 17.1 Å². The second kappa shape index (κ2) is 7.19. The lowest BCUT2D eigenvalue weighted by Gasteiger charge is -2.14. The zero-order valence-corrected chi connectivity index (χ0v) is 14.4. The third-order valence-corrected chi connectivity index (χ3v) is 4.26. The van der Waals surface area contributed by atoms with Gasteiger partial charge in [-0.25, -0.2) is 8.96 Å². The van der Waals surface area contributed by atoms with E-state index < -0.39 is 17.7 Å². The van der Waals surface area contributed by atoms with Gasteiger partial charge in [-0.2, -0.15) is 0 Å². The number of imidazole rings is 1. The Morgan fingerprint density at radius 2 is 2.04 bits per heavy atom. The summed E-state index contributed by atoms with van der Waals surface area (Å²) in [6.45, 7) is 3.54. The minimum Gasteiger partial charge on any atom is -1.00 e. The Bertz CT molecular complexity index is 721. The second-order valence-electron chi connectivity index (χ2n) is 5.22. The van der Waals surface area contributed by atoms with Gasteiger partial charge in [-0.15, -0.1) is 0 Å². The van der Waals surface area contributed by atoms with Gasteiger partial charge < -0.3 is 22.7 Å². The summed E-state index contributed by atoms with van der Waals surface area (Å²) in [6, 6.07) is 3.81. The van der Waals surface area contributed by atoms with Gasteiger partial charge in [0.25, 0.3) is 0 Å². The number of hydrogen-bond acceptors (Lipinski definition) is 2. The van der Waals surface area contributed by atoms with Gasteiger partial charge in [-0.1, -0.05) is 17.7 Å². The van der Waals surface area contributed by atoms with Crippen molar-refractivity contribution in [2.75, 3.05) is 0 Å². The maximum absolute atomic E-state index is 13.2. The number of carboxylic acids is 1. The highest BCUT2D eigenvalue weighted by molar-refractivity contribution is 6.31. The van der Waals surface area contributed by atoms with E-state index in [4.69, 9.17) is 11.6 Å². The molecule has 126 valence electrons. The quantitative estimate of drug-likeness (QED) is 0.573. The lowest BCUT2D eigenvalue weighted by atomic mass is 9.94. The summed E-state index contributed by atoms with van der Waals surface area (Å²) >= 11 is 6.08. The molecule has 0 aliphatic carbocycles. The third kappa shape index (κ3) is 3.59. The van der Waals surface area contributed by atoms with Crippen LogP contribution in [0.15, 0.2) is 18.2 Å². The molecule has 1 atom stereocenters. The smallest absolute Gasteiger partial charge is 0.304 e. The minimum atomic E-state index is -1.04. The molecule has 2 aromatic rings. The summed E-state index contributed by atoms with van der Waals surface area (Å²) in [5, 5.41) is 19.6. The topological polar surface area (TPSA) is 66.3 Å². The van der Waals surface area contributed by atoms with Crippen LogP contribution < -0.4 is 17.0 Å². The van der Waals surface area contributed by atoms with Crippen molar-refractivity contribution >= 4 is 17.6 Å². The first-order valence-electron chi connectivity index (χ1n) is 6.67. The summed E-state index contributed by atoms with van der Waals surface area (Å²) in [5.74, 6) is -1.86. The van der Waals surface area contributed by atoms with Crippen molar-refractivity contribution in [3.05, 3.63) is 51.8 Å². The van der Waals surface area contributed by atoms with Crippen LogP contribution in [-0.2, 0) is 11.8 Å². The number of aliphatic carboxylic acids is 1. The van der Waals surface area contributed by atoms with Gasteiger partial charge in [0.15, 0.2) is 5.69 Å². The maximum Gasteiger partial charge on any atom is 0.304 e. The first kappa shape index (κ1) is 19.3. The number of benzene rings is 1. The van der Waals surface area contributed by atoms with E-state index in [9.17, 15) is 19.5 Å².